The van der Waals surface area contributed by atoms with Gasteiger partial charge in [-0.15, -0.1) is 0 Å². The number of ether oxygens (including phenoxy) is 1. The van der Waals surface area contributed by atoms with Crippen molar-refractivity contribution >= 4 is 11.6 Å². The van der Waals surface area contributed by atoms with Gasteiger partial charge >= 0.3 is 0 Å². The van der Waals surface area contributed by atoms with Crippen LogP contribution >= 0.6 is 0 Å². The average molecular weight is 302 g/mol. The minimum absolute atomic E-state index is 0.0996. The van der Waals surface area contributed by atoms with Crippen LogP contribution in [0.15, 0.2) is 30.6 Å². The molecule has 2 heterocycles. The van der Waals surface area contributed by atoms with Crippen LogP contribution in [0.4, 0.5) is 16.0 Å². The van der Waals surface area contributed by atoms with Gasteiger partial charge in [0, 0.05) is 25.5 Å². The molecule has 6 heteroatoms. The Hall–Kier alpha value is -2.05. The lowest BCUT2D eigenvalue weighted by Crippen LogP contribution is -2.33. The van der Waals surface area contributed by atoms with Gasteiger partial charge in [-0.2, -0.15) is 0 Å². The molecule has 0 amide bonds. The molecule has 1 aliphatic rings. The van der Waals surface area contributed by atoms with E-state index in [1.54, 1.807) is 18.5 Å². The van der Waals surface area contributed by atoms with Crippen LogP contribution in [0.25, 0.3) is 0 Å². The first kappa shape index (κ1) is 14.9. The summed E-state index contributed by atoms with van der Waals surface area (Å²) in [5.41, 5.74) is 2.23. The van der Waals surface area contributed by atoms with Crippen molar-refractivity contribution in [3.63, 3.8) is 0 Å². The number of hydrogen-bond acceptors (Lipinski definition) is 5. The summed E-state index contributed by atoms with van der Waals surface area (Å²) in [5.74, 6) is 0.0503. The molecule has 0 aliphatic carbocycles. The summed E-state index contributed by atoms with van der Waals surface area (Å²) >= 11 is 0. The van der Waals surface area contributed by atoms with Crippen LogP contribution in [0.1, 0.15) is 24.2 Å². The second kappa shape index (κ2) is 6.81. The van der Waals surface area contributed by atoms with Crippen molar-refractivity contribution in [1.82, 2.24) is 15.3 Å². The highest BCUT2D eigenvalue weighted by molar-refractivity contribution is 5.54. The van der Waals surface area contributed by atoms with Gasteiger partial charge in [-0.05, 0) is 29.7 Å². The molecule has 1 aliphatic heterocycles. The maximum absolute atomic E-state index is 14.2. The van der Waals surface area contributed by atoms with Gasteiger partial charge in [0.2, 0.25) is 5.95 Å². The molecule has 2 aromatic rings. The summed E-state index contributed by atoms with van der Waals surface area (Å²) in [4.78, 5) is 8.35. The van der Waals surface area contributed by atoms with E-state index in [1.165, 1.54) is 6.07 Å². The number of nitrogens with zero attached hydrogens (tertiary/aromatic N) is 2. The van der Waals surface area contributed by atoms with Gasteiger partial charge in [-0.25, -0.2) is 14.4 Å². The number of nitrogens with one attached hydrogen (secondary N) is 2. The van der Waals surface area contributed by atoms with E-state index < -0.39 is 0 Å². The molecule has 1 fully saturated rings. The molecule has 2 N–H and O–H groups in total. The number of aryl methyl sites for hydroxylation is 1. The molecule has 0 saturated carbocycles. The van der Waals surface area contributed by atoms with Crippen LogP contribution < -0.4 is 10.6 Å². The van der Waals surface area contributed by atoms with Crippen molar-refractivity contribution in [2.75, 3.05) is 25.0 Å². The molecule has 3 rings (SSSR count). The first-order valence-electron chi connectivity index (χ1n) is 7.46. The maximum Gasteiger partial charge on any atom is 0.227 e. The number of benzene rings is 1. The Labute approximate surface area is 128 Å². The topological polar surface area (TPSA) is 59.1 Å². The third-order valence-corrected chi connectivity index (χ3v) is 3.65. The number of hydrogen-bond donors (Lipinski definition) is 2. The Kier molecular flexibility index (Phi) is 4.60. The molecule has 0 radical (unpaired) electrons. The van der Waals surface area contributed by atoms with Gasteiger partial charge < -0.3 is 15.4 Å². The highest BCUT2D eigenvalue weighted by Gasteiger charge is 2.17. The van der Waals surface area contributed by atoms with Gasteiger partial charge in [0.25, 0.3) is 0 Å². The first-order chi connectivity index (χ1) is 10.8. The van der Waals surface area contributed by atoms with Crippen LogP contribution in [0.2, 0.25) is 0 Å². The molecular weight excluding hydrogens is 283 g/mol. The standard InChI is InChI=1S/C16H19FN4O/c1-2-11-8-19-16(20-9-11)21-14-4-3-12(7-13(14)17)15-10-18-5-6-22-15/h3-4,7-9,15,18H,2,5-6,10H2,1H3,(H,19,20,21)/t15-/m0/s1. The Morgan fingerprint density at radius 2 is 2.18 bits per heavy atom. The number of rotatable bonds is 4. The molecule has 5 nitrogen and oxygen atoms in total. The molecule has 0 spiro atoms. The molecule has 0 bridgehead atoms. The fourth-order valence-corrected chi connectivity index (χ4v) is 2.33. The van der Waals surface area contributed by atoms with Crippen LogP contribution in [-0.4, -0.2) is 29.7 Å². The third kappa shape index (κ3) is 3.40. The van der Waals surface area contributed by atoms with E-state index in [0.717, 1.165) is 24.1 Å². The zero-order valence-electron chi connectivity index (χ0n) is 12.5. The number of aromatic nitrogens is 2. The summed E-state index contributed by atoms with van der Waals surface area (Å²) in [6, 6.07) is 5.06. The van der Waals surface area contributed by atoms with Crippen molar-refractivity contribution in [3.05, 3.63) is 47.5 Å². The summed E-state index contributed by atoms with van der Waals surface area (Å²) < 4.78 is 19.9. The minimum atomic E-state index is -0.338. The largest absolute Gasteiger partial charge is 0.371 e. The molecule has 1 saturated heterocycles. The van der Waals surface area contributed by atoms with Crippen molar-refractivity contribution in [2.24, 2.45) is 0 Å². The van der Waals surface area contributed by atoms with E-state index in [4.69, 9.17) is 4.74 Å². The average Bonchev–Trinajstić information content (AvgIpc) is 2.58. The Morgan fingerprint density at radius 3 is 2.82 bits per heavy atom. The predicted molar refractivity (Wildman–Crippen MR) is 82.7 cm³/mol. The van der Waals surface area contributed by atoms with Crippen LogP contribution in [-0.2, 0) is 11.2 Å². The van der Waals surface area contributed by atoms with Crippen LogP contribution in [0, 0.1) is 5.82 Å². The second-order valence-electron chi connectivity index (χ2n) is 5.20. The Balaban J connectivity index is 1.73. The molecule has 1 atom stereocenters. The van der Waals surface area contributed by atoms with E-state index >= 15 is 0 Å². The molecule has 1 aromatic heterocycles. The Morgan fingerprint density at radius 1 is 1.36 bits per heavy atom. The quantitative estimate of drug-likeness (QED) is 0.909. The van der Waals surface area contributed by atoms with E-state index in [2.05, 4.69) is 20.6 Å². The van der Waals surface area contributed by atoms with Gasteiger partial charge in [-0.3, -0.25) is 0 Å². The smallest absolute Gasteiger partial charge is 0.227 e. The molecule has 116 valence electrons. The van der Waals surface area contributed by atoms with E-state index in [-0.39, 0.29) is 11.9 Å². The highest BCUT2D eigenvalue weighted by atomic mass is 19.1. The summed E-state index contributed by atoms with van der Waals surface area (Å²) in [6.07, 6.45) is 4.25. The van der Waals surface area contributed by atoms with E-state index in [1.807, 2.05) is 13.0 Å². The molecule has 0 unspecified atom stereocenters. The van der Waals surface area contributed by atoms with Gasteiger partial charge in [0.05, 0.1) is 18.4 Å². The lowest BCUT2D eigenvalue weighted by molar-refractivity contribution is 0.0275. The lowest BCUT2D eigenvalue weighted by Gasteiger charge is -2.24. The van der Waals surface area contributed by atoms with Crippen molar-refractivity contribution in [3.8, 4) is 0 Å². The Bertz CT molecular complexity index is 627. The van der Waals surface area contributed by atoms with Crippen molar-refractivity contribution in [2.45, 2.75) is 19.4 Å². The summed E-state index contributed by atoms with van der Waals surface area (Å²) in [7, 11) is 0. The molecular formula is C16H19FN4O. The maximum atomic E-state index is 14.2. The second-order valence-corrected chi connectivity index (χ2v) is 5.20. The SMILES string of the molecule is CCc1cnc(Nc2ccc([C@@H]3CNCCO3)cc2F)nc1. The monoisotopic (exact) mass is 302 g/mol. The molecule has 1 aromatic carbocycles. The lowest BCUT2D eigenvalue weighted by atomic mass is 10.1. The van der Waals surface area contributed by atoms with Crippen LogP contribution in [0.5, 0.6) is 0 Å². The number of morpholine rings is 1. The number of halogens is 1. The first-order valence-corrected chi connectivity index (χ1v) is 7.46. The summed E-state index contributed by atoms with van der Waals surface area (Å²) in [5, 5.41) is 6.13. The highest BCUT2D eigenvalue weighted by Crippen LogP contribution is 2.24. The third-order valence-electron chi connectivity index (χ3n) is 3.65. The normalized spacial score (nSPS) is 18.2. The molecule has 22 heavy (non-hydrogen) atoms. The van der Waals surface area contributed by atoms with Gasteiger partial charge in [0.15, 0.2) is 0 Å². The van der Waals surface area contributed by atoms with E-state index in [9.17, 15) is 4.39 Å². The van der Waals surface area contributed by atoms with Crippen molar-refractivity contribution < 1.29 is 9.13 Å². The van der Waals surface area contributed by atoms with Crippen LogP contribution in [0.3, 0.4) is 0 Å². The van der Waals surface area contributed by atoms with Crippen molar-refractivity contribution in [1.29, 1.82) is 0 Å². The fraction of sp³-hybridized carbons (Fsp3) is 0.375. The zero-order chi connectivity index (χ0) is 15.4. The number of anilines is 2. The fourth-order valence-electron chi connectivity index (χ4n) is 2.33. The summed E-state index contributed by atoms with van der Waals surface area (Å²) in [6.45, 7) is 4.22. The minimum Gasteiger partial charge on any atom is -0.371 e. The van der Waals surface area contributed by atoms with Gasteiger partial charge in [-0.1, -0.05) is 13.0 Å². The zero-order valence-corrected chi connectivity index (χ0v) is 12.5. The van der Waals surface area contributed by atoms with E-state index in [0.29, 0.717) is 24.8 Å². The predicted octanol–water partition coefficient (Wildman–Crippen LogP) is 2.58. The van der Waals surface area contributed by atoms with Gasteiger partial charge in [0.1, 0.15) is 5.82 Å².